The zero-order valence-corrected chi connectivity index (χ0v) is 12.2. The van der Waals surface area contributed by atoms with Crippen LogP contribution in [0.2, 0.25) is 0 Å². The Kier molecular flexibility index (Phi) is 3.91. The monoisotopic (exact) mass is 299 g/mol. The number of fused-ring (bicyclic) bond motifs is 1. The number of hydrogen-bond acceptors (Lipinski definition) is 4. The molecule has 1 aromatic carbocycles. The summed E-state index contributed by atoms with van der Waals surface area (Å²) >= 11 is 0. The summed E-state index contributed by atoms with van der Waals surface area (Å²) in [6.45, 7) is 2.51. The highest BCUT2D eigenvalue weighted by Gasteiger charge is 2.31. The average molecular weight is 299 g/mol. The van der Waals surface area contributed by atoms with Crippen molar-refractivity contribution in [3.05, 3.63) is 54.1 Å². The van der Waals surface area contributed by atoms with Gasteiger partial charge >= 0.3 is 5.97 Å². The SMILES string of the molecule is C[C@H](Cn1ccnc1)NC(=O)[C@H]1Cc2ccccc2C(=O)O1. The van der Waals surface area contributed by atoms with Crippen LogP contribution in [0.1, 0.15) is 22.8 Å². The molecule has 0 fully saturated rings. The van der Waals surface area contributed by atoms with E-state index in [4.69, 9.17) is 4.74 Å². The lowest BCUT2D eigenvalue weighted by Gasteiger charge is -2.25. The molecular weight excluding hydrogens is 282 g/mol. The second-order valence-corrected chi connectivity index (χ2v) is 5.42. The van der Waals surface area contributed by atoms with Crippen LogP contribution in [-0.2, 0) is 22.5 Å². The molecule has 1 amide bonds. The molecular formula is C16H17N3O3. The Morgan fingerprint density at radius 2 is 2.32 bits per heavy atom. The average Bonchev–Trinajstić information content (AvgIpc) is 3.00. The van der Waals surface area contributed by atoms with Crippen LogP contribution in [0, 0.1) is 0 Å². The van der Waals surface area contributed by atoms with E-state index in [1.165, 1.54) is 0 Å². The molecule has 0 bridgehead atoms. The van der Waals surface area contributed by atoms with Gasteiger partial charge < -0.3 is 14.6 Å². The van der Waals surface area contributed by atoms with Crippen LogP contribution >= 0.6 is 0 Å². The molecule has 0 aliphatic carbocycles. The number of benzene rings is 1. The summed E-state index contributed by atoms with van der Waals surface area (Å²) in [5, 5.41) is 2.87. The lowest BCUT2D eigenvalue weighted by atomic mass is 9.98. The molecule has 3 rings (SSSR count). The fourth-order valence-electron chi connectivity index (χ4n) is 2.57. The normalized spacial score (nSPS) is 18.2. The van der Waals surface area contributed by atoms with Crippen LogP contribution in [-0.4, -0.2) is 33.6 Å². The van der Waals surface area contributed by atoms with Gasteiger partial charge in [-0.15, -0.1) is 0 Å². The maximum atomic E-state index is 12.3. The van der Waals surface area contributed by atoms with E-state index in [0.717, 1.165) is 5.56 Å². The number of ether oxygens (including phenoxy) is 1. The maximum absolute atomic E-state index is 12.3. The van der Waals surface area contributed by atoms with Crippen molar-refractivity contribution in [1.29, 1.82) is 0 Å². The van der Waals surface area contributed by atoms with Gasteiger partial charge in [-0.05, 0) is 18.6 Å². The zero-order chi connectivity index (χ0) is 15.5. The first kappa shape index (κ1) is 14.3. The number of esters is 1. The lowest BCUT2D eigenvalue weighted by molar-refractivity contribution is -0.131. The minimum Gasteiger partial charge on any atom is -0.448 e. The third-order valence-corrected chi connectivity index (χ3v) is 3.62. The Hall–Kier alpha value is -2.63. The Bertz CT molecular complexity index is 682. The van der Waals surface area contributed by atoms with E-state index in [9.17, 15) is 9.59 Å². The number of aromatic nitrogens is 2. The summed E-state index contributed by atoms with van der Waals surface area (Å²) < 4.78 is 7.12. The number of carbonyl (C=O) groups excluding carboxylic acids is 2. The number of rotatable bonds is 4. The van der Waals surface area contributed by atoms with Crippen LogP contribution in [0.4, 0.5) is 0 Å². The van der Waals surface area contributed by atoms with E-state index in [0.29, 0.717) is 18.5 Å². The summed E-state index contributed by atoms with van der Waals surface area (Å²) in [4.78, 5) is 28.2. The Balaban J connectivity index is 1.62. The first-order valence-electron chi connectivity index (χ1n) is 7.18. The van der Waals surface area contributed by atoms with Gasteiger partial charge in [-0.25, -0.2) is 9.78 Å². The van der Waals surface area contributed by atoms with Crippen LogP contribution in [0.3, 0.4) is 0 Å². The molecule has 1 aliphatic rings. The van der Waals surface area contributed by atoms with Gasteiger partial charge in [0.05, 0.1) is 11.9 Å². The van der Waals surface area contributed by atoms with Gasteiger partial charge in [-0.1, -0.05) is 18.2 Å². The van der Waals surface area contributed by atoms with Gasteiger partial charge in [0.1, 0.15) is 0 Å². The fraction of sp³-hybridized carbons (Fsp3) is 0.312. The third-order valence-electron chi connectivity index (χ3n) is 3.62. The molecule has 2 atom stereocenters. The summed E-state index contributed by atoms with van der Waals surface area (Å²) in [6, 6.07) is 7.12. The zero-order valence-electron chi connectivity index (χ0n) is 12.2. The van der Waals surface area contributed by atoms with Gasteiger partial charge in [0.25, 0.3) is 5.91 Å². The van der Waals surface area contributed by atoms with Crippen LogP contribution in [0.25, 0.3) is 0 Å². The first-order chi connectivity index (χ1) is 10.6. The van der Waals surface area contributed by atoms with Gasteiger partial charge in [0.2, 0.25) is 0 Å². The molecule has 22 heavy (non-hydrogen) atoms. The lowest BCUT2D eigenvalue weighted by Crippen LogP contribution is -2.46. The summed E-state index contributed by atoms with van der Waals surface area (Å²) in [6.07, 6.45) is 4.85. The molecule has 0 radical (unpaired) electrons. The summed E-state index contributed by atoms with van der Waals surface area (Å²) in [5.41, 5.74) is 1.39. The number of nitrogens with one attached hydrogen (secondary N) is 1. The summed E-state index contributed by atoms with van der Waals surface area (Å²) in [5.74, 6) is -0.709. The number of hydrogen-bond donors (Lipinski definition) is 1. The molecule has 6 heteroatoms. The molecule has 6 nitrogen and oxygen atoms in total. The van der Waals surface area contributed by atoms with E-state index in [2.05, 4.69) is 10.3 Å². The molecule has 2 heterocycles. The molecule has 0 spiro atoms. The predicted octanol–water partition coefficient (Wildman–Crippen LogP) is 1.17. The Morgan fingerprint density at radius 3 is 3.09 bits per heavy atom. The van der Waals surface area contributed by atoms with Gasteiger partial charge in [-0.2, -0.15) is 0 Å². The molecule has 0 saturated carbocycles. The van der Waals surface area contributed by atoms with Crippen molar-refractivity contribution in [1.82, 2.24) is 14.9 Å². The highest BCUT2D eigenvalue weighted by Crippen LogP contribution is 2.20. The van der Waals surface area contributed by atoms with Crippen molar-refractivity contribution in [2.24, 2.45) is 0 Å². The topological polar surface area (TPSA) is 73.2 Å². The summed E-state index contributed by atoms with van der Waals surface area (Å²) in [7, 11) is 0. The van der Waals surface area contributed by atoms with Crippen LogP contribution < -0.4 is 5.32 Å². The Morgan fingerprint density at radius 1 is 1.50 bits per heavy atom. The Labute approximate surface area is 128 Å². The van der Waals surface area contributed by atoms with Gasteiger partial charge in [-0.3, -0.25) is 4.79 Å². The first-order valence-corrected chi connectivity index (χ1v) is 7.18. The largest absolute Gasteiger partial charge is 0.448 e. The minimum absolute atomic E-state index is 0.0856. The van der Waals surface area contributed by atoms with Gasteiger partial charge in [0.15, 0.2) is 6.10 Å². The van der Waals surface area contributed by atoms with Crippen LogP contribution in [0.5, 0.6) is 0 Å². The number of cyclic esters (lactones) is 1. The fourth-order valence-corrected chi connectivity index (χ4v) is 2.57. The second-order valence-electron chi connectivity index (χ2n) is 5.42. The molecule has 1 N–H and O–H groups in total. The number of amides is 1. The van der Waals surface area contributed by atoms with E-state index in [1.807, 2.05) is 29.8 Å². The van der Waals surface area contributed by atoms with Crippen molar-refractivity contribution in [2.45, 2.75) is 32.0 Å². The molecule has 114 valence electrons. The number of nitrogens with zero attached hydrogens (tertiary/aromatic N) is 2. The van der Waals surface area contributed by atoms with Crippen molar-refractivity contribution in [2.75, 3.05) is 0 Å². The van der Waals surface area contributed by atoms with Crippen LogP contribution in [0.15, 0.2) is 43.0 Å². The number of carbonyl (C=O) groups is 2. The predicted molar refractivity (Wildman–Crippen MR) is 79.2 cm³/mol. The quantitative estimate of drug-likeness (QED) is 0.860. The van der Waals surface area contributed by atoms with Crippen molar-refractivity contribution < 1.29 is 14.3 Å². The third kappa shape index (κ3) is 3.00. The maximum Gasteiger partial charge on any atom is 0.339 e. The van der Waals surface area contributed by atoms with E-state index >= 15 is 0 Å². The van der Waals surface area contributed by atoms with Crippen molar-refractivity contribution in [3.63, 3.8) is 0 Å². The molecule has 1 aliphatic heterocycles. The molecule has 1 aromatic heterocycles. The standard InChI is InChI=1S/C16H17N3O3/c1-11(9-19-7-6-17-10-19)18-15(20)14-8-12-4-2-3-5-13(12)16(21)22-14/h2-7,10-11,14H,8-9H2,1H3,(H,18,20)/t11-,14-/m1/s1. The molecule has 0 saturated heterocycles. The van der Waals surface area contributed by atoms with Crippen molar-refractivity contribution >= 4 is 11.9 Å². The van der Waals surface area contributed by atoms with E-state index < -0.39 is 12.1 Å². The molecule has 0 unspecified atom stereocenters. The smallest absolute Gasteiger partial charge is 0.339 e. The highest BCUT2D eigenvalue weighted by atomic mass is 16.5. The number of imidazole rings is 1. The highest BCUT2D eigenvalue weighted by molar-refractivity contribution is 5.95. The van der Waals surface area contributed by atoms with E-state index in [-0.39, 0.29) is 11.9 Å². The second kappa shape index (κ2) is 6.01. The van der Waals surface area contributed by atoms with Crippen molar-refractivity contribution in [3.8, 4) is 0 Å². The van der Waals surface area contributed by atoms with Gasteiger partial charge in [0, 0.05) is 31.4 Å². The minimum atomic E-state index is -0.771. The molecule has 2 aromatic rings. The van der Waals surface area contributed by atoms with E-state index in [1.54, 1.807) is 24.7 Å².